The highest BCUT2D eigenvalue weighted by Gasteiger charge is 2.16. The van der Waals surface area contributed by atoms with Gasteiger partial charge in [0.25, 0.3) is 5.91 Å². The van der Waals surface area contributed by atoms with Gasteiger partial charge in [0.2, 0.25) is 0 Å². The zero-order valence-electron chi connectivity index (χ0n) is 9.18. The van der Waals surface area contributed by atoms with Gasteiger partial charge >= 0.3 is 5.97 Å². The molecule has 1 rings (SSSR count). The third-order valence-corrected chi connectivity index (χ3v) is 2.69. The van der Waals surface area contributed by atoms with Gasteiger partial charge in [0.15, 0.2) is 0 Å². The van der Waals surface area contributed by atoms with E-state index >= 15 is 0 Å². The van der Waals surface area contributed by atoms with Gasteiger partial charge in [-0.25, -0.2) is 0 Å². The summed E-state index contributed by atoms with van der Waals surface area (Å²) < 4.78 is 0.666. The molecule has 92 valence electrons. The number of hydrogen-bond acceptors (Lipinski definition) is 3. The van der Waals surface area contributed by atoms with Crippen LogP contribution in [-0.2, 0) is 4.79 Å². The Kier molecular flexibility index (Phi) is 4.51. The molecule has 0 bridgehead atoms. The van der Waals surface area contributed by atoms with Crippen LogP contribution < -0.4 is 0 Å². The topological polar surface area (TPSA) is 77.8 Å². The number of aliphatic carboxylic acids is 1. The van der Waals surface area contributed by atoms with Crippen molar-refractivity contribution in [3.05, 3.63) is 28.2 Å². The molecule has 17 heavy (non-hydrogen) atoms. The van der Waals surface area contributed by atoms with E-state index in [2.05, 4.69) is 15.9 Å². The zero-order chi connectivity index (χ0) is 13.0. The highest BCUT2D eigenvalue weighted by Crippen LogP contribution is 2.23. The van der Waals surface area contributed by atoms with E-state index in [1.54, 1.807) is 6.07 Å². The zero-order valence-corrected chi connectivity index (χ0v) is 10.8. The predicted molar refractivity (Wildman–Crippen MR) is 65.0 cm³/mol. The van der Waals surface area contributed by atoms with Crippen molar-refractivity contribution in [1.29, 1.82) is 0 Å². The first kappa shape index (κ1) is 13.5. The number of rotatable bonds is 4. The Hall–Kier alpha value is -1.56. The Labute approximate surface area is 107 Å². The van der Waals surface area contributed by atoms with Crippen molar-refractivity contribution in [2.24, 2.45) is 0 Å². The van der Waals surface area contributed by atoms with Crippen LogP contribution in [0.25, 0.3) is 0 Å². The van der Waals surface area contributed by atoms with E-state index in [-0.39, 0.29) is 24.3 Å². The van der Waals surface area contributed by atoms with Gasteiger partial charge in [0.1, 0.15) is 5.75 Å². The fourth-order valence-electron chi connectivity index (χ4n) is 1.26. The molecule has 1 amide bonds. The van der Waals surface area contributed by atoms with Crippen molar-refractivity contribution in [1.82, 2.24) is 4.90 Å². The maximum atomic E-state index is 11.8. The Morgan fingerprint density at radius 1 is 1.41 bits per heavy atom. The predicted octanol–water partition coefficient (Wildman–Crippen LogP) is 1.70. The molecule has 1 aromatic rings. The number of amides is 1. The van der Waals surface area contributed by atoms with Crippen LogP contribution in [0.2, 0.25) is 0 Å². The maximum absolute atomic E-state index is 11.8. The number of carbonyl (C=O) groups excluding carboxylic acids is 1. The van der Waals surface area contributed by atoms with Crippen LogP contribution in [0.1, 0.15) is 16.8 Å². The molecule has 0 saturated carbocycles. The summed E-state index contributed by atoms with van der Waals surface area (Å²) in [4.78, 5) is 23.5. The molecule has 0 atom stereocenters. The van der Waals surface area contributed by atoms with E-state index < -0.39 is 11.9 Å². The highest BCUT2D eigenvalue weighted by molar-refractivity contribution is 9.10. The van der Waals surface area contributed by atoms with Crippen molar-refractivity contribution < 1.29 is 19.8 Å². The molecule has 2 N–H and O–H groups in total. The number of halogens is 1. The normalized spacial score (nSPS) is 10.0. The van der Waals surface area contributed by atoms with Crippen molar-refractivity contribution in [2.75, 3.05) is 13.6 Å². The van der Waals surface area contributed by atoms with Crippen molar-refractivity contribution in [3.8, 4) is 5.75 Å². The van der Waals surface area contributed by atoms with Crippen LogP contribution in [0.4, 0.5) is 0 Å². The van der Waals surface area contributed by atoms with Gasteiger partial charge in [0.05, 0.1) is 12.0 Å². The minimum absolute atomic E-state index is 0.101. The molecule has 0 heterocycles. The largest absolute Gasteiger partial charge is 0.507 e. The highest BCUT2D eigenvalue weighted by atomic mass is 79.9. The first-order valence-electron chi connectivity index (χ1n) is 4.87. The van der Waals surface area contributed by atoms with Gasteiger partial charge in [-0.05, 0) is 18.2 Å². The Morgan fingerprint density at radius 3 is 2.59 bits per heavy atom. The lowest BCUT2D eigenvalue weighted by molar-refractivity contribution is -0.137. The molecule has 0 fully saturated rings. The fraction of sp³-hybridized carbons (Fsp3) is 0.273. The average molecular weight is 302 g/mol. The molecule has 0 unspecified atom stereocenters. The maximum Gasteiger partial charge on any atom is 0.305 e. The molecular formula is C11H12BrNO4. The van der Waals surface area contributed by atoms with E-state index in [4.69, 9.17) is 5.11 Å². The van der Waals surface area contributed by atoms with Gasteiger partial charge in [-0.15, -0.1) is 0 Å². The molecular weight excluding hydrogens is 290 g/mol. The number of carboxylic acid groups (broad SMARTS) is 1. The number of carboxylic acids is 1. The van der Waals surface area contributed by atoms with Crippen molar-refractivity contribution in [2.45, 2.75) is 6.42 Å². The van der Waals surface area contributed by atoms with Crippen molar-refractivity contribution in [3.63, 3.8) is 0 Å². The second kappa shape index (κ2) is 5.67. The summed E-state index contributed by atoms with van der Waals surface area (Å²) in [5, 5.41) is 18.1. The fourth-order valence-corrected chi connectivity index (χ4v) is 1.61. The number of phenolic OH excluding ortho intramolecular Hbond substituents is 1. The summed E-state index contributed by atoms with van der Waals surface area (Å²) in [5.74, 6) is -1.51. The van der Waals surface area contributed by atoms with Crippen LogP contribution in [0.3, 0.4) is 0 Å². The standard InChI is InChI=1S/C11H12BrNO4/c1-13(5-4-10(15)16)11(17)8-3-2-7(12)6-9(8)14/h2-3,6,14H,4-5H2,1H3,(H,15,16). The number of hydrogen-bond donors (Lipinski definition) is 2. The van der Waals surface area contributed by atoms with Crippen LogP contribution in [0.5, 0.6) is 5.75 Å². The van der Waals surface area contributed by atoms with Gasteiger partial charge < -0.3 is 15.1 Å². The summed E-state index contributed by atoms with van der Waals surface area (Å²) >= 11 is 3.17. The molecule has 6 heteroatoms. The minimum atomic E-state index is -0.968. The third-order valence-electron chi connectivity index (χ3n) is 2.20. The summed E-state index contributed by atoms with van der Waals surface area (Å²) in [7, 11) is 1.49. The molecule has 0 aromatic heterocycles. The molecule has 0 aliphatic heterocycles. The molecule has 5 nitrogen and oxygen atoms in total. The second-order valence-corrected chi connectivity index (χ2v) is 4.45. The number of benzene rings is 1. The minimum Gasteiger partial charge on any atom is -0.507 e. The van der Waals surface area contributed by atoms with Crippen LogP contribution in [0.15, 0.2) is 22.7 Å². The van der Waals surface area contributed by atoms with Crippen LogP contribution in [-0.4, -0.2) is 40.6 Å². The lowest BCUT2D eigenvalue weighted by atomic mass is 10.2. The number of aromatic hydroxyl groups is 1. The monoisotopic (exact) mass is 301 g/mol. The quantitative estimate of drug-likeness (QED) is 0.887. The van der Waals surface area contributed by atoms with Gasteiger partial charge in [-0.2, -0.15) is 0 Å². The molecule has 0 aliphatic carbocycles. The van der Waals surface area contributed by atoms with E-state index in [0.717, 1.165) is 0 Å². The summed E-state index contributed by atoms with van der Waals surface area (Å²) in [6.07, 6.45) is -0.125. The number of phenols is 1. The Balaban J connectivity index is 2.78. The Morgan fingerprint density at radius 2 is 2.06 bits per heavy atom. The SMILES string of the molecule is CN(CCC(=O)O)C(=O)c1ccc(Br)cc1O. The van der Waals surface area contributed by atoms with Gasteiger partial charge in [0, 0.05) is 18.1 Å². The Bertz CT molecular complexity index is 447. The van der Waals surface area contributed by atoms with Crippen LogP contribution >= 0.6 is 15.9 Å². The lowest BCUT2D eigenvalue weighted by Gasteiger charge is -2.16. The van der Waals surface area contributed by atoms with Gasteiger partial charge in [-0.1, -0.05) is 15.9 Å². The molecule has 0 saturated heterocycles. The lowest BCUT2D eigenvalue weighted by Crippen LogP contribution is -2.29. The van der Waals surface area contributed by atoms with E-state index in [1.807, 2.05) is 0 Å². The van der Waals surface area contributed by atoms with Gasteiger partial charge in [-0.3, -0.25) is 9.59 Å². The third kappa shape index (κ3) is 3.74. The molecule has 0 spiro atoms. The van der Waals surface area contributed by atoms with Crippen LogP contribution in [0, 0.1) is 0 Å². The first-order chi connectivity index (χ1) is 7.91. The van der Waals surface area contributed by atoms with E-state index in [9.17, 15) is 14.7 Å². The van der Waals surface area contributed by atoms with E-state index in [0.29, 0.717) is 4.47 Å². The average Bonchev–Trinajstić information content (AvgIpc) is 2.25. The van der Waals surface area contributed by atoms with E-state index in [1.165, 1.54) is 24.1 Å². The number of nitrogens with zero attached hydrogens (tertiary/aromatic N) is 1. The summed E-state index contributed by atoms with van der Waals surface area (Å²) in [6.45, 7) is 0.101. The molecule has 0 aliphatic rings. The first-order valence-corrected chi connectivity index (χ1v) is 5.67. The van der Waals surface area contributed by atoms with Crippen molar-refractivity contribution >= 4 is 27.8 Å². The second-order valence-electron chi connectivity index (χ2n) is 3.53. The summed E-state index contributed by atoms with van der Waals surface area (Å²) in [6, 6.07) is 4.54. The molecule has 1 aromatic carbocycles. The summed E-state index contributed by atoms with van der Waals surface area (Å²) in [5.41, 5.74) is 0.154. The number of carbonyl (C=O) groups is 2. The smallest absolute Gasteiger partial charge is 0.305 e. The molecule has 0 radical (unpaired) electrons.